The molecule has 2 aliphatic rings. The van der Waals surface area contributed by atoms with Crippen molar-refractivity contribution in [2.75, 3.05) is 6.61 Å². The highest BCUT2D eigenvalue weighted by Gasteiger charge is 2.43. The number of benzene rings is 1. The molecule has 3 rings (SSSR count). The molecule has 1 aliphatic carbocycles. The Balaban J connectivity index is 1.74. The van der Waals surface area contributed by atoms with Crippen LogP contribution < -0.4 is 4.74 Å². The molecule has 148 valence electrons. The van der Waals surface area contributed by atoms with Crippen LogP contribution in [0.25, 0.3) is 0 Å². The monoisotopic (exact) mass is 374 g/mol. The predicted octanol–water partition coefficient (Wildman–Crippen LogP) is 2.25. The van der Waals surface area contributed by atoms with Crippen LogP contribution >= 0.6 is 0 Å². The lowest BCUT2D eigenvalue weighted by Crippen LogP contribution is -2.57. The zero-order valence-corrected chi connectivity index (χ0v) is 16.2. The number of aliphatic hydroxyl groups excluding tert-OH is 3. The van der Waals surface area contributed by atoms with E-state index >= 15 is 0 Å². The fraction of sp³-hybridized carbons (Fsp3) is 0.545. The van der Waals surface area contributed by atoms with Crippen LogP contribution in [0.5, 0.6) is 5.75 Å². The van der Waals surface area contributed by atoms with Gasteiger partial charge in [0.2, 0.25) is 0 Å². The standard InChI is InChI=1S/C22H30O5/c1-4-26-18-9-6-15(7-10-18)11-17-12-16(8-5-13(17)2)22-21(25)20(24)19(23)14(3)27-22/h5-10,12-14,17,19-25H,4,11H2,1-3H3. The highest BCUT2D eigenvalue weighted by molar-refractivity contribution is 5.33. The summed E-state index contributed by atoms with van der Waals surface area (Å²) in [6.45, 7) is 6.50. The Morgan fingerprint density at radius 3 is 2.37 bits per heavy atom. The van der Waals surface area contributed by atoms with Crippen LogP contribution in [-0.4, -0.2) is 52.4 Å². The van der Waals surface area contributed by atoms with Crippen LogP contribution in [0.2, 0.25) is 0 Å². The summed E-state index contributed by atoms with van der Waals surface area (Å²) >= 11 is 0. The maximum absolute atomic E-state index is 10.4. The van der Waals surface area contributed by atoms with Crippen LogP contribution in [0.1, 0.15) is 26.3 Å². The van der Waals surface area contributed by atoms with E-state index in [2.05, 4.69) is 31.2 Å². The van der Waals surface area contributed by atoms with Crippen molar-refractivity contribution < 1.29 is 24.8 Å². The Bertz CT molecular complexity index is 680. The van der Waals surface area contributed by atoms with E-state index in [0.717, 1.165) is 17.7 Å². The summed E-state index contributed by atoms with van der Waals surface area (Å²) < 4.78 is 11.3. The van der Waals surface area contributed by atoms with Crippen molar-refractivity contribution in [3.8, 4) is 5.75 Å². The van der Waals surface area contributed by atoms with Crippen LogP contribution in [0.15, 0.2) is 48.1 Å². The van der Waals surface area contributed by atoms with Gasteiger partial charge in [0.25, 0.3) is 0 Å². The number of ether oxygens (including phenoxy) is 2. The number of aliphatic hydroxyl groups is 3. The maximum atomic E-state index is 10.4. The minimum absolute atomic E-state index is 0.262. The van der Waals surface area contributed by atoms with E-state index in [9.17, 15) is 15.3 Å². The minimum Gasteiger partial charge on any atom is -0.494 e. The number of allylic oxidation sites excluding steroid dienone is 2. The Labute approximate surface area is 160 Å². The van der Waals surface area contributed by atoms with Gasteiger partial charge in [-0.15, -0.1) is 0 Å². The highest BCUT2D eigenvalue weighted by atomic mass is 16.5. The first-order valence-electron chi connectivity index (χ1n) is 9.72. The molecule has 0 aromatic heterocycles. The molecule has 7 unspecified atom stereocenters. The van der Waals surface area contributed by atoms with Crippen molar-refractivity contribution in [3.63, 3.8) is 0 Å². The van der Waals surface area contributed by atoms with E-state index in [0.29, 0.717) is 12.5 Å². The van der Waals surface area contributed by atoms with Crippen LogP contribution in [0.4, 0.5) is 0 Å². The minimum atomic E-state index is -1.21. The van der Waals surface area contributed by atoms with E-state index in [1.807, 2.05) is 25.1 Å². The van der Waals surface area contributed by atoms with Gasteiger partial charge in [0.1, 0.15) is 30.2 Å². The van der Waals surface area contributed by atoms with Gasteiger partial charge in [-0.3, -0.25) is 0 Å². The molecule has 0 spiro atoms. The third-order valence-corrected chi connectivity index (χ3v) is 5.56. The largest absolute Gasteiger partial charge is 0.494 e. The maximum Gasteiger partial charge on any atom is 0.119 e. The van der Waals surface area contributed by atoms with Crippen LogP contribution in [0.3, 0.4) is 0 Å². The van der Waals surface area contributed by atoms with Crippen LogP contribution in [0, 0.1) is 11.8 Å². The third kappa shape index (κ3) is 4.43. The van der Waals surface area contributed by atoms with Crippen molar-refractivity contribution in [1.29, 1.82) is 0 Å². The Hall–Kier alpha value is -1.66. The molecule has 1 aromatic carbocycles. The average molecular weight is 374 g/mol. The molecular formula is C22H30O5. The van der Waals surface area contributed by atoms with Crippen molar-refractivity contribution in [2.24, 2.45) is 11.8 Å². The molecule has 7 atom stereocenters. The molecule has 1 saturated heterocycles. The summed E-state index contributed by atoms with van der Waals surface area (Å²) in [6, 6.07) is 8.13. The molecule has 0 radical (unpaired) electrons. The van der Waals surface area contributed by atoms with Gasteiger partial charge in [0.05, 0.1) is 12.7 Å². The molecule has 0 amide bonds. The lowest BCUT2D eigenvalue weighted by molar-refractivity contribution is -0.206. The quantitative estimate of drug-likeness (QED) is 0.737. The van der Waals surface area contributed by atoms with E-state index in [-0.39, 0.29) is 5.92 Å². The van der Waals surface area contributed by atoms with E-state index in [1.54, 1.807) is 6.92 Å². The Morgan fingerprint density at radius 2 is 1.70 bits per heavy atom. The fourth-order valence-corrected chi connectivity index (χ4v) is 3.78. The number of rotatable bonds is 5. The molecule has 1 fully saturated rings. The summed E-state index contributed by atoms with van der Waals surface area (Å²) in [5, 5.41) is 30.4. The van der Waals surface area contributed by atoms with Gasteiger partial charge >= 0.3 is 0 Å². The summed E-state index contributed by atoms with van der Waals surface area (Å²) in [4.78, 5) is 0. The molecule has 3 N–H and O–H groups in total. The van der Waals surface area contributed by atoms with Gasteiger partial charge in [-0.2, -0.15) is 0 Å². The van der Waals surface area contributed by atoms with Gasteiger partial charge < -0.3 is 24.8 Å². The summed E-state index contributed by atoms with van der Waals surface area (Å²) in [6.07, 6.45) is 2.47. The molecule has 1 aliphatic heterocycles. The zero-order valence-electron chi connectivity index (χ0n) is 16.2. The lowest BCUT2D eigenvalue weighted by Gasteiger charge is -2.41. The predicted molar refractivity (Wildman–Crippen MR) is 104 cm³/mol. The van der Waals surface area contributed by atoms with Crippen molar-refractivity contribution in [3.05, 3.63) is 53.6 Å². The van der Waals surface area contributed by atoms with Gasteiger partial charge in [-0.1, -0.05) is 37.3 Å². The molecule has 1 aromatic rings. The zero-order chi connectivity index (χ0) is 19.6. The van der Waals surface area contributed by atoms with Crippen molar-refractivity contribution >= 4 is 0 Å². The molecular weight excluding hydrogens is 344 g/mol. The van der Waals surface area contributed by atoms with E-state index in [1.165, 1.54) is 5.56 Å². The normalized spacial score (nSPS) is 36.4. The summed E-state index contributed by atoms with van der Waals surface area (Å²) in [5.74, 6) is 1.49. The van der Waals surface area contributed by atoms with Crippen molar-refractivity contribution in [2.45, 2.75) is 57.7 Å². The second-order valence-electron chi connectivity index (χ2n) is 7.56. The molecule has 27 heavy (non-hydrogen) atoms. The second-order valence-corrected chi connectivity index (χ2v) is 7.56. The SMILES string of the molecule is CCOc1ccc(CC2C=C(C3OC(C)C(O)C(O)C3O)C=CC2C)cc1. The molecule has 1 heterocycles. The van der Waals surface area contributed by atoms with Gasteiger partial charge in [0, 0.05) is 0 Å². The number of hydrogen-bond donors (Lipinski definition) is 3. The highest BCUT2D eigenvalue weighted by Crippen LogP contribution is 2.33. The summed E-state index contributed by atoms with van der Waals surface area (Å²) in [5.41, 5.74) is 2.07. The van der Waals surface area contributed by atoms with Crippen molar-refractivity contribution in [1.82, 2.24) is 0 Å². The average Bonchev–Trinajstić information content (AvgIpc) is 2.66. The first-order valence-corrected chi connectivity index (χ1v) is 9.72. The molecule has 5 heteroatoms. The third-order valence-electron chi connectivity index (χ3n) is 5.56. The van der Waals surface area contributed by atoms with Gasteiger partial charge in [-0.25, -0.2) is 0 Å². The topological polar surface area (TPSA) is 79.2 Å². The van der Waals surface area contributed by atoms with E-state index < -0.39 is 30.5 Å². The molecule has 0 bridgehead atoms. The molecule has 0 saturated carbocycles. The van der Waals surface area contributed by atoms with Gasteiger partial charge in [0.15, 0.2) is 0 Å². The Kier molecular flexibility index (Phi) is 6.37. The first kappa shape index (κ1) is 20.1. The fourth-order valence-electron chi connectivity index (χ4n) is 3.78. The lowest BCUT2D eigenvalue weighted by atomic mass is 9.80. The van der Waals surface area contributed by atoms with Crippen LogP contribution in [-0.2, 0) is 11.2 Å². The first-order chi connectivity index (χ1) is 12.9. The number of hydrogen-bond acceptors (Lipinski definition) is 5. The molecule has 5 nitrogen and oxygen atoms in total. The Morgan fingerprint density at radius 1 is 1.00 bits per heavy atom. The second kappa shape index (κ2) is 8.57. The van der Waals surface area contributed by atoms with E-state index in [4.69, 9.17) is 9.47 Å². The smallest absolute Gasteiger partial charge is 0.119 e. The summed E-state index contributed by atoms with van der Waals surface area (Å²) in [7, 11) is 0. The van der Waals surface area contributed by atoms with Gasteiger partial charge in [-0.05, 0) is 55.4 Å².